The number of ether oxygens (including phenoxy) is 1. The molecule has 1 aliphatic heterocycles. The third kappa shape index (κ3) is 5.49. The maximum absolute atomic E-state index is 12.6. The second-order valence-corrected chi connectivity index (χ2v) is 7.39. The summed E-state index contributed by atoms with van der Waals surface area (Å²) in [5.41, 5.74) is 0.588. The van der Waals surface area contributed by atoms with Gasteiger partial charge in [-0.1, -0.05) is 23.7 Å². The van der Waals surface area contributed by atoms with Crippen molar-refractivity contribution in [2.45, 2.75) is 25.6 Å². The molecule has 0 atom stereocenters. The number of amides is 1. The molecular formula is C21H21ClF3NO2. The van der Waals surface area contributed by atoms with Gasteiger partial charge in [-0.25, -0.2) is 0 Å². The molecular weight excluding hydrogens is 391 g/mol. The van der Waals surface area contributed by atoms with Crippen LogP contribution in [-0.2, 0) is 17.5 Å². The zero-order chi connectivity index (χ0) is 20.1. The Bertz CT molecular complexity index is 783. The summed E-state index contributed by atoms with van der Waals surface area (Å²) in [6.45, 7) is 2.29. The van der Waals surface area contributed by atoms with E-state index in [9.17, 15) is 18.0 Å². The molecule has 1 aliphatic rings. The normalized spacial score (nSPS) is 15.6. The van der Waals surface area contributed by atoms with Gasteiger partial charge in [0, 0.05) is 30.3 Å². The van der Waals surface area contributed by atoms with E-state index in [1.54, 1.807) is 4.90 Å². The Hall–Kier alpha value is -2.05. The van der Waals surface area contributed by atoms with Crippen LogP contribution >= 0.6 is 11.6 Å². The van der Waals surface area contributed by atoms with E-state index in [1.165, 1.54) is 12.1 Å². The fourth-order valence-corrected chi connectivity index (χ4v) is 3.34. The van der Waals surface area contributed by atoms with Gasteiger partial charge in [0.05, 0.1) is 12.2 Å². The number of carbonyl (C=O) groups excluding carboxylic acids is 1. The van der Waals surface area contributed by atoms with Crippen LogP contribution in [0.25, 0.3) is 0 Å². The smallest absolute Gasteiger partial charge is 0.376 e. The molecule has 0 spiro atoms. The number of piperidine rings is 1. The summed E-state index contributed by atoms with van der Waals surface area (Å²) in [5.74, 6) is 0.137. The highest BCUT2D eigenvalue weighted by atomic mass is 35.5. The first-order valence-corrected chi connectivity index (χ1v) is 9.49. The number of carbonyl (C=O) groups is 1. The summed E-state index contributed by atoms with van der Waals surface area (Å²) in [7, 11) is 0. The van der Waals surface area contributed by atoms with Crippen molar-refractivity contribution in [2.75, 3.05) is 19.7 Å². The summed E-state index contributed by atoms with van der Waals surface area (Å²) in [6, 6.07) is 11.9. The van der Waals surface area contributed by atoms with Gasteiger partial charge in [0.2, 0.25) is 0 Å². The Morgan fingerprint density at radius 3 is 2.21 bits per heavy atom. The van der Waals surface area contributed by atoms with Crippen LogP contribution in [0.15, 0.2) is 48.5 Å². The zero-order valence-corrected chi connectivity index (χ0v) is 16.0. The highest BCUT2D eigenvalue weighted by Crippen LogP contribution is 2.29. The van der Waals surface area contributed by atoms with E-state index >= 15 is 0 Å². The average molecular weight is 412 g/mol. The second kappa shape index (κ2) is 8.97. The Balaban J connectivity index is 1.44. The van der Waals surface area contributed by atoms with Gasteiger partial charge in [-0.05, 0) is 60.7 Å². The Labute approximate surface area is 167 Å². The molecule has 7 heteroatoms. The van der Waals surface area contributed by atoms with Crippen LogP contribution in [-0.4, -0.2) is 30.5 Å². The summed E-state index contributed by atoms with van der Waals surface area (Å²) in [4.78, 5) is 14.2. The van der Waals surface area contributed by atoms with Crippen molar-refractivity contribution in [3.05, 3.63) is 70.2 Å². The molecule has 3 rings (SSSR count). The molecule has 150 valence electrons. The average Bonchev–Trinajstić information content (AvgIpc) is 2.69. The van der Waals surface area contributed by atoms with E-state index in [0.717, 1.165) is 30.5 Å². The van der Waals surface area contributed by atoms with Gasteiger partial charge in [-0.3, -0.25) is 4.79 Å². The van der Waals surface area contributed by atoms with Crippen molar-refractivity contribution in [2.24, 2.45) is 5.92 Å². The lowest BCUT2D eigenvalue weighted by Gasteiger charge is -2.32. The second-order valence-electron chi connectivity index (χ2n) is 6.95. The van der Waals surface area contributed by atoms with E-state index in [2.05, 4.69) is 0 Å². The summed E-state index contributed by atoms with van der Waals surface area (Å²) in [5, 5.41) is 0.689. The van der Waals surface area contributed by atoms with Gasteiger partial charge < -0.3 is 9.64 Å². The standard InChI is InChI=1S/C21H21ClF3NO2/c22-19-7-1-15(2-8-19)13-28-14-16-9-11-26(12-10-16)20(27)17-3-5-18(6-4-17)21(23,24)25/h1-8,16H,9-14H2. The number of hydrogen-bond donors (Lipinski definition) is 0. The third-order valence-corrected chi connectivity index (χ3v) is 5.15. The molecule has 1 amide bonds. The van der Waals surface area contributed by atoms with Gasteiger partial charge in [0.25, 0.3) is 5.91 Å². The minimum Gasteiger partial charge on any atom is -0.376 e. The van der Waals surface area contributed by atoms with E-state index in [4.69, 9.17) is 16.3 Å². The minimum atomic E-state index is -4.40. The third-order valence-electron chi connectivity index (χ3n) is 4.90. The molecule has 0 aliphatic carbocycles. The number of hydrogen-bond acceptors (Lipinski definition) is 2. The number of benzene rings is 2. The van der Waals surface area contributed by atoms with Gasteiger partial charge in [-0.2, -0.15) is 13.2 Å². The molecule has 0 radical (unpaired) electrons. The highest BCUT2D eigenvalue weighted by molar-refractivity contribution is 6.30. The summed E-state index contributed by atoms with van der Waals surface area (Å²) in [6.07, 6.45) is -2.77. The van der Waals surface area contributed by atoms with Gasteiger partial charge in [0.1, 0.15) is 0 Å². The van der Waals surface area contributed by atoms with Crippen LogP contribution in [0.5, 0.6) is 0 Å². The highest BCUT2D eigenvalue weighted by Gasteiger charge is 2.30. The molecule has 1 saturated heterocycles. The molecule has 2 aromatic carbocycles. The first kappa shape index (κ1) is 20.7. The van der Waals surface area contributed by atoms with Crippen molar-refractivity contribution in [1.29, 1.82) is 0 Å². The van der Waals surface area contributed by atoms with Crippen LogP contribution in [0.1, 0.15) is 34.3 Å². The topological polar surface area (TPSA) is 29.5 Å². The van der Waals surface area contributed by atoms with Crippen LogP contribution in [0.3, 0.4) is 0 Å². The van der Waals surface area contributed by atoms with Crippen molar-refractivity contribution < 1.29 is 22.7 Å². The SMILES string of the molecule is O=C(c1ccc(C(F)(F)F)cc1)N1CCC(COCc2ccc(Cl)cc2)CC1. The lowest BCUT2D eigenvalue weighted by atomic mass is 9.97. The lowest BCUT2D eigenvalue weighted by molar-refractivity contribution is -0.137. The van der Waals surface area contributed by atoms with Crippen molar-refractivity contribution in [3.63, 3.8) is 0 Å². The van der Waals surface area contributed by atoms with E-state index < -0.39 is 11.7 Å². The molecule has 0 saturated carbocycles. The predicted molar refractivity (Wildman–Crippen MR) is 101 cm³/mol. The zero-order valence-electron chi connectivity index (χ0n) is 15.2. The Morgan fingerprint density at radius 1 is 1.04 bits per heavy atom. The first-order chi connectivity index (χ1) is 13.3. The quantitative estimate of drug-likeness (QED) is 0.656. The van der Waals surface area contributed by atoms with E-state index in [-0.39, 0.29) is 11.5 Å². The maximum Gasteiger partial charge on any atom is 0.416 e. The van der Waals surface area contributed by atoms with Crippen molar-refractivity contribution >= 4 is 17.5 Å². The lowest BCUT2D eigenvalue weighted by Crippen LogP contribution is -2.39. The monoisotopic (exact) mass is 411 g/mol. The van der Waals surface area contributed by atoms with Gasteiger partial charge in [-0.15, -0.1) is 0 Å². The van der Waals surface area contributed by atoms with E-state index in [0.29, 0.717) is 37.2 Å². The van der Waals surface area contributed by atoms with Crippen LogP contribution in [0.2, 0.25) is 5.02 Å². The van der Waals surface area contributed by atoms with Crippen molar-refractivity contribution in [1.82, 2.24) is 4.90 Å². The molecule has 3 nitrogen and oxygen atoms in total. The largest absolute Gasteiger partial charge is 0.416 e. The first-order valence-electron chi connectivity index (χ1n) is 9.11. The summed E-state index contributed by atoms with van der Waals surface area (Å²) >= 11 is 5.86. The molecule has 1 heterocycles. The molecule has 28 heavy (non-hydrogen) atoms. The van der Waals surface area contributed by atoms with E-state index in [1.807, 2.05) is 24.3 Å². The van der Waals surface area contributed by atoms with Gasteiger partial charge >= 0.3 is 6.18 Å². The van der Waals surface area contributed by atoms with Crippen LogP contribution < -0.4 is 0 Å². The molecule has 0 N–H and O–H groups in total. The fraction of sp³-hybridized carbons (Fsp3) is 0.381. The minimum absolute atomic E-state index is 0.228. The molecule has 1 fully saturated rings. The molecule has 2 aromatic rings. The molecule has 0 aromatic heterocycles. The number of halogens is 4. The van der Waals surface area contributed by atoms with Crippen LogP contribution in [0.4, 0.5) is 13.2 Å². The van der Waals surface area contributed by atoms with Crippen molar-refractivity contribution in [3.8, 4) is 0 Å². The van der Waals surface area contributed by atoms with Gasteiger partial charge in [0.15, 0.2) is 0 Å². The fourth-order valence-electron chi connectivity index (χ4n) is 3.21. The molecule has 0 unspecified atom stereocenters. The Morgan fingerprint density at radius 2 is 1.64 bits per heavy atom. The number of rotatable bonds is 5. The predicted octanol–water partition coefficient (Wildman–Crippen LogP) is 5.43. The maximum atomic E-state index is 12.6. The number of nitrogens with zero attached hydrogens (tertiary/aromatic N) is 1. The number of alkyl halides is 3. The Kier molecular flexibility index (Phi) is 6.62. The van der Waals surface area contributed by atoms with Crippen LogP contribution in [0, 0.1) is 5.92 Å². The molecule has 0 bridgehead atoms. The summed E-state index contributed by atoms with van der Waals surface area (Å²) < 4.78 is 43.7. The number of likely N-dealkylation sites (tertiary alicyclic amines) is 1.